The van der Waals surface area contributed by atoms with Crippen molar-refractivity contribution in [2.24, 2.45) is 10.4 Å². The Hall–Kier alpha value is -2.11. The Labute approximate surface area is 156 Å². The summed E-state index contributed by atoms with van der Waals surface area (Å²) >= 11 is 0. The fourth-order valence-electron chi connectivity index (χ4n) is 4.39. The van der Waals surface area contributed by atoms with E-state index < -0.39 is 0 Å². The first-order valence-electron chi connectivity index (χ1n) is 9.39. The maximum absolute atomic E-state index is 5.53. The summed E-state index contributed by atoms with van der Waals surface area (Å²) in [6.07, 6.45) is 6.77. The molecule has 26 heavy (non-hydrogen) atoms. The standard InChI is InChI=1S/C20H31N3O3/c1-21-19(23-10-9-20(14-23)7-5-6-8-20)22-13-15-11-17(25-3)18(26-4)12-16(15)24-2/h11-12H,5-10,13-14H2,1-4H3,(H,21,22). The Morgan fingerprint density at radius 1 is 1.04 bits per heavy atom. The number of aliphatic imine (C=N–C) groups is 1. The minimum absolute atomic E-state index is 0.526. The minimum Gasteiger partial charge on any atom is -0.496 e. The van der Waals surface area contributed by atoms with Gasteiger partial charge in [-0.3, -0.25) is 4.99 Å². The Bertz CT molecular complexity index is 654. The van der Waals surface area contributed by atoms with Crippen molar-refractivity contribution >= 4 is 5.96 Å². The summed E-state index contributed by atoms with van der Waals surface area (Å²) in [5.74, 6) is 3.11. The molecule has 0 aromatic heterocycles. The van der Waals surface area contributed by atoms with Gasteiger partial charge in [-0.1, -0.05) is 12.8 Å². The number of rotatable bonds is 5. The molecule has 1 spiro atoms. The molecule has 2 aliphatic rings. The van der Waals surface area contributed by atoms with Crippen LogP contribution in [0.2, 0.25) is 0 Å². The van der Waals surface area contributed by atoms with Crippen LogP contribution in [0.15, 0.2) is 17.1 Å². The third kappa shape index (κ3) is 3.69. The molecule has 6 heteroatoms. The van der Waals surface area contributed by atoms with Crippen LogP contribution in [0.1, 0.15) is 37.7 Å². The molecular weight excluding hydrogens is 330 g/mol. The van der Waals surface area contributed by atoms with Gasteiger partial charge in [-0.2, -0.15) is 0 Å². The van der Waals surface area contributed by atoms with Crippen molar-refractivity contribution in [3.8, 4) is 17.2 Å². The van der Waals surface area contributed by atoms with Gasteiger partial charge in [0.1, 0.15) is 5.75 Å². The van der Waals surface area contributed by atoms with Crippen molar-refractivity contribution < 1.29 is 14.2 Å². The molecule has 144 valence electrons. The van der Waals surface area contributed by atoms with Gasteiger partial charge in [-0.05, 0) is 30.7 Å². The summed E-state index contributed by atoms with van der Waals surface area (Å²) in [4.78, 5) is 6.91. The first-order valence-corrected chi connectivity index (χ1v) is 9.39. The van der Waals surface area contributed by atoms with Gasteiger partial charge in [0.2, 0.25) is 0 Å². The average molecular weight is 361 g/mol. The van der Waals surface area contributed by atoms with E-state index in [1.165, 1.54) is 32.1 Å². The van der Waals surface area contributed by atoms with Crippen LogP contribution in [0.4, 0.5) is 0 Å². The first kappa shape index (κ1) is 18.7. The van der Waals surface area contributed by atoms with E-state index in [1.54, 1.807) is 21.3 Å². The number of hydrogen-bond donors (Lipinski definition) is 1. The molecule has 0 atom stereocenters. The quantitative estimate of drug-likeness (QED) is 0.645. The van der Waals surface area contributed by atoms with Crippen molar-refractivity contribution in [3.63, 3.8) is 0 Å². The molecule has 6 nitrogen and oxygen atoms in total. The number of hydrogen-bond acceptors (Lipinski definition) is 4. The summed E-state index contributed by atoms with van der Waals surface area (Å²) in [7, 11) is 6.80. The van der Waals surface area contributed by atoms with Crippen molar-refractivity contribution in [2.75, 3.05) is 41.5 Å². The lowest BCUT2D eigenvalue weighted by atomic mass is 9.86. The number of nitrogens with one attached hydrogen (secondary N) is 1. The van der Waals surface area contributed by atoms with E-state index >= 15 is 0 Å². The van der Waals surface area contributed by atoms with E-state index in [9.17, 15) is 0 Å². The van der Waals surface area contributed by atoms with E-state index in [4.69, 9.17) is 14.2 Å². The number of methoxy groups -OCH3 is 3. The molecule has 2 fully saturated rings. The highest BCUT2D eigenvalue weighted by Gasteiger charge is 2.41. The third-order valence-electron chi connectivity index (χ3n) is 5.84. The molecule has 1 saturated heterocycles. The monoisotopic (exact) mass is 361 g/mol. The number of guanidine groups is 1. The summed E-state index contributed by atoms with van der Waals surface area (Å²) in [6, 6.07) is 3.82. The summed E-state index contributed by atoms with van der Waals surface area (Å²) in [5.41, 5.74) is 1.54. The van der Waals surface area contributed by atoms with Gasteiger partial charge in [-0.25, -0.2) is 0 Å². The highest BCUT2D eigenvalue weighted by atomic mass is 16.5. The zero-order valence-electron chi connectivity index (χ0n) is 16.4. The van der Waals surface area contributed by atoms with Crippen LogP contribution in [0.5, 0.6) is 17.2 Å². The largest absolute Gasteiger partial charge is 0.496 e. The SMILES string of the molecule is CN=C(NCc1cc(OC)c(OC)cc1OC)N1CCC2(CCCC2)C1. The van der Waals surface area contributed by atoms with E-state index in [1.807, 2.05) is 19.2 Å². The summed E-state index contributed by atoms with van der Waals surface area (Å²) < 4.78 is 16.3. The second kappa shape index (κ2) is 8.06. The van der Waals surface area contributed by atoms with Gasteiger partial charge in [-0.15, -0.1) is 0 Å². The van der Waals surface area contributed by atoms with Gasteiger partial charge in [0.05, 0.1) is 21.3 Å². The van der Waals surface area contributed by atoms with Crippen LogP contribution in [-0.4, -0.2) is 52.3 Å². The smallest absolute Gasteiger partial charge is 0.193 e. The number of ether oxygens (including phenoxy) is 3. The molecule has 1 aliphatic heterocycles. The van der Waals surface area contributed by atoms with Crippen LogP contribution in [0, 0.1) is 5.41 Å². The molecule has 1 heterocycles. The van der Waals surface area contributed by atoms with Gasteiger partial charge >= 0.3 is 0 Å². The van der Waals surface area contributed by atoms with Crippen LogP contribution in [0.3, 0.4) is 0 Å². The lowest BCUT2D eigenvalue weighted by Gasteiger charge is -2.26. The highest BCUT2D eigenvalue weighted by Crippen LogP contribution is 2.45. The number of benzene rings is 1. The van der Waals surface area contributed by atoms with Gasteiger partial charge in [0.25, 0.3) is 0 Å². The van der Waals surface area contributed by atoms with Crippen molar-refractivity contribution in [3.05, 3.63) is 17.7 Å². The Balaban J connectivity index is 1.69. The molecule has 0 radical (unpaired) electrons. The van der Waals surface area contributed by atoms with Crippen LogP contribution in [0.25, 0.3) is 0 Å². The molecule has 0 amide bonds. The molecule has 0 bridgehead atoms. The zero-order valence-corrected chi connectivity index (χ0v) is 16.4. The average Bonchev–Trinajstić information content (AvgIpc) is 3.31. The van der Waals surface area contributed by atoms with E-state index in [2.05, 4.69) is 15.2 Å². The number of nitrogens with zero attached hydrogens (tertiary/aromatic N) is 2. The van der Waals surface area contributed by atoms with E-state index in [-0.39, 0.29) is 0 Å². The lowest BCUT2D eigenvalue weighted by molar-refractivity contribution is 0.309. The second-order valence-corrected chi connectivity index (χ2v) is 7.30. The number of likely N-dealkylation sites (tertiary alicyclic amines) is 1. The third-order valence-corrected chi connectivity index (χ3v) is 5.84. The maximum Gasteiger partial charge on any atom is 0.193 e. The van der Waals surface area contributed by atoms with Crippen LogP contribution < -0.4 is 19.5 Å². The summed E-state index contributed by atoms with van der Waals surface area (Å²) in [6.45, 7) is 2.83. The lowest BCUT2D eigenvalue weighted by Crippen LogP contribution is -2.40. The van der Waals surface area contributed by atoms with Gasteiger partial charge in [0.15, 0.2) is 17.5 Å². The van der Waals surface area contributed by atoms with E-state index in [0.717, 1.165) is 30.4 Å². The predicted molar refractivity (Wildman–Crippen MR) is 103 cm³/mol. The van der Waals surface area contributed by atoms with Gasteiger partial charge < -0.3 is 24.4 Å². The van der Waals surface area contributed by atoms with Crippen LogP contribution >= 0.6 is 0 Å². The molecule has 3 rings (SSSR count). The predicted octanol–water partition coefficient (Wildman–Crippen LogP) is 3.05. The van der Waals surface area contributed by atoms with Crippen LogP contribution in [-0.2, 0) is 6.54 Å². The normalized spacial score (nSPS) is 19.1. The highest BCUT2D eigenvalue weighted by molar-refractivity contribution is 5.80. The Morgan fingerprint density at radius 2 is 1.69 bits per heavy atom. The van der Waals surface area contributed by atoms with Crippen molar-refractivity contribution in [2.45, 2.75) is 38.6 Å². The molecule has 1 saturated carbocycles. The molecule has 1 N–H and O–H groups in total. The topological polar surface area (TPSA) is 55.3 Å². The van der Waals surface area contributed by atoms with Crippen molar-refractivity contribution in [1.82, 2.24) is 10.2 Å². The maximum atomic E-state index is 5.53. The Morgan fingerprint density at radius 3 is 2.31 bits per heavy atom. The molecule has 1 aromatic carbocycles. The zero-order chi connectivity index (χ0) is 18.6. The van der Waals surface area contributed by atoms with Gasteiger partial charge in [0, 0.05) is 38.3 Å². The first-order chi connectivity index (χ1) is 12.6. The fourth-order valence-corrected chi connectivity index (χ4v) is 4.39. The van der Waals surface area contributed by atoms with Crippen molar-refractivity contribution in [1.29, 1.82) is 0 Å². The second-order valence-electron chi connectivity index (χ2n) is 7.30. The van der Waals surface area contributed by atoms with E-state index in [0.29, 0.717) is 23.5 Å². The fraction of sp³-hybridized carbons (Fsp3) is 0.650. The molecular formula is C20H31N3O3. The molecule has 1 aromatic rings. The Kier molecular flexibility index (Phi) is 5.79. The molecule has 0 unspecified atom stereocenters. The minimum atomic E-state index is 0.526. The molecule has 1 aliphatic carbocycles. The summed E-state index contributed by atoms with van der Waals surface area (Å²) in [5, 5.41) is 3.50.